The molecule has 1 saturated carbocycles. The Balaban J connectivity index is 1.95. The monoisotopic (exact) mass is 280 g/mol. The Morgan fingerprint density at radius 1 is 1.50 bits per heavy atom. The van der Waals surface area contributed by atoms with Crippen LogP contribution in [0.5, 0.6) is 5.75 Å². The van der Waals surface area contributed by atoms with Gasteiger partial charge in [0.2, 0.25) is 5.91 Å². The van der Waals surface area contributed by atoms with Crippen molar-refractivity contribution >= 4 is 11.6 Å². The minimum atomic E-state index is -0.434. The van der Waals surface area contributed by atoms with Gasteiger partial charge in [0.25, 0.3) is 0 Å². The molecule has 110 valence electrons. The van der Waals surface area contributed by atoms with E-state index in [1.807, 2.05) is 6.92 Å². The molecule has 5 heteroatoms. The summed E-state index contributed by atoms with van der Waals surface area (Å²) in [5, 5.41) is 5.64. The first-order valence-corrected chi connectivity index (χ1v) is 7.02. The number of carbonyl (C=O) groups excluding carboxylic acids is 1. The number of benzene rings is 1. The quantitative estimate of drug-likeness (QED) is 0.842. The number of carbonyl (C=O) groups is 1. The topological polar surface area (TPSA) is 50.4 Å². The zero-order valence-electron chi connectivity index (χ0n) is 11.9. The van der Waals surface area contributed by atoms with Gasteiger partial charge in [-0.15, -0.1) is 0 Å². The number of anilines is 1. The van der Waals surface area contributed by atoms with E-state index < -0.39 is 5.82 Å². The molecule has 1 unspecified atom stereocenters. The van der Waals surface area contributed by atoms with Crippen LogP contribution in [0.25, 0.3) is 0 Å². The normalized spacial score (nSPS) is 16.4. The molecule has 2 rings (SSSR count). The average Bonchev–Trinajstić information content (AvgIpc) is 2.36. The van der Waals surface area contributed by atoms with E-state index in [4.69, 9.17) is 4.74 Å². The van der Waals surface area contributed by atoms with Crippen molar-refractivity contribution < 1.29 is 13.9 Å². The molecule has 1 aliphatic rings. The smallest absolute Gasteiger partial charge is 0.228 e. The van der Waals surface area contributed by atoms with Crippen molar-refractivity contribution in [1.29, 1.82) is 0 Å². The van der Waals surface area contributed by atoms with Crippen molar-refractivity contribution in [3.63, 3.8) is 0 Å². The van der Waals surface area contributed by atoms with Gasteiger partial charge in [0.1, 0.15) is 0 Å². The maximum atomic E-state index is 13.9. The first-order valence-electron chi connectivity index (χ1n) is 7.02. The lowest BCUT2D eigenvalue weighted by molar-refractivity contribution is -0.119. The predicted octanol–water partition coefficient (Wildman–Crippen LogP) is 2.55. The Morgan fingerprint density at radius 3 is 2.80 bits per heavy atom. The van der Waals surface area contributed by atoms with E-state index in [2.05, 4.69) is 10.6 Å². The summed E-state index contributed by atoms with van der Waals surface area (Å²) in [4.78, 5) is 11.8. The molecule has 4 nitrogen and oxygen atoms in total. The van der Waals surface area contributed by atoms with E-state index in [0.717, 1.165) is 19.3 Å². The Bertz CT molecular complexity index is 475. The number of hydrogen-bond donors (Lipinski definition) is 2. The van der Waals surface area contributed by atoms with Gasteiger partial charge in [-0.05, 0) is 38.4 Å². The lowest BCUT2D eigenvalue weighted by atomic mass is 9.96. The molecule has 0 spiro atoms. The number of ether oxygens (including phenoxy) is 1. The average molecular weight is 280 g/mol. The summed E-state index contributed by atoms with van der Waals surface area (Å²) in [7, 11) is 1.79. The zero-order chi connectivity index (χ0) is 14.5. The molecule has 1 atom stereocenters. The fourth-order valence-corrected chi connectivity index (χ4v) is 2.01. The number of rotatable bonds is 6. The summed E-state index contributed by atoms with van der Waals surface area (Å²) in [6.07, 6.45) is 3.25. The van der Waals surface area contributed by atoms with Crippen LogP contribution in [0.1, 0.15) is 26.2 Å². The number of hydrogen-bond acceptors (Lipinski definition) is 3. The molecular weight excluding hydrogens is 259 g/mol. The fourth-order valence-electron chi connectivity index (χ4n) is 2.01. The first kappa shape index (κ1) is 14.8. The Hall–Kier alpha value is -1.62. The van der Waals surface area contributed by atoms with E-state index in [1.165, 1.54) is 6.07 Å². The van der Waals surface area contributed by atoms with Crippen LogP contribution >= 0.6 is 0 Å². The van der Waals surface area contributed by atoms with Crippen molar-refractivity contribution in [2.45, 2.75) is 32.3 Å². The van der Waals surface area contributed by atoms with Crippen LogP contribution in [-0.4, -0.2) is 25.6 Å². The first-order chi connectivity index (χ1) is 9.60. The summed E-state index contributed by atoms with van der Waals surface area (Å²) >= 11 is 0. The van der Waals surface area contributed by atoms with Gasteiger partial charge < -0.3 is 15.4 Å². The fraction of sp³-hybridized carbons (Fsp3) is 0.533. The summed E-state index contributed by atoms with van der Waals surface area (Å²) in [6, 6.07) is 4.55. The number of halogens is 1. The third-order valence-corrected chi connectivity index (χ3v) is 3.50. The second-order valence-electron chi connectivity index (χ2n) is 5.26. The molecular formula is C15H21FN2O2. The largest absolute Gasteiger partial charge is 0.487 e. The van der Waals surface area contributed by atoms with Gasteiger partial charge in [0, 0.05) is 24.2 Å². The molecule has 0 aromatic heterocycles. The summed E-state index contributed by atoms with van der Waals surface area (Å²) in [5.41, 5.74) is 0.455. The van der Waals surface area contributed by atoms with Gasteiger partial charge in [-0.2, -0.15) is 0 Å². The summed E-state index contributed by atoms with van der Waals surface area (Å²) in [6.45, 7) is 2.40. The van der Waals surface area contributed by atoms with Gasteiger partial charge >= 0.3 is 0 Å². The minimum absolute atomic E-state index is 0.133. The maximum Gasteiger partial charge on any atom is 0.228 e. The highest BCUT2D eigenvalue weighted by molar-refractivity contribution is 5.92. The van der Waals surface area contributed by atoms with Gasteiger partial charge in [-0.25, -0.2) is 4.39 Å². The van der Waals surface area contributed by atoms with Gasteiger partial charge in [-0.3, -0.25) is 4.79 Å². The summed E-state index contributed by atoms with van der Waals surface area (Å²) in [5.74, 6) is -0.479. The summed E-state index contributed by atoms with van der Waals surface area (Å²) < 4.78 is 19.4. The van der Waals surface area contributed by atoms with E-state index >= 15 is 0 Å². The molecule has 1 aromatic carbocycles. The van der Waals surface area contributed by atoms with Crippen molar-refractivity contribution in [2.75, 3.05) is 18.9 Å². The molecule has 1 aliphatic carbocycles. The molecule has 0 bridgehead atoms. The Morgan fingerprint density at radius 2 is 2.25 bits per heavy atom. The van der Waals surface area contributed by atoms with Crippen LogP contribution in [0.2, 0.25) is 0 Å². The van der Waals surface area contributed by atoms with Gasteiger partial charge in [0.05, 0.1) is 6.10 Å². The molecule has 20 heavy (non-hydrogen) atoms. The molecule has 0 saturated heterocycles. The Kier molecular flexibility index (Phi) is 4.95. The van der Waals surface area contributed by atoms with Crippen LogP contribution in [-0.2, 0) is 4.79 Å². The van der Waals surface area contributed by atoms with Crippen molar-refractivity contribution in [2.24, 2.45) is 5.92 Å². The predicted molar refractivity (Wildman–Crippen MR) is 76.4 cm³/mol. The minimum Gasteiger partial charge on any atom is -0.487 e. The Labute approximate surface area is 118 Å². The lowest BCUT2D eigenvalue weighted by Crippen LogP contribution is -2.28. The van der Waals surface area contributed by atoms with E-state index in [0.29, 0.717) is 12.2 Å². The molecule has 2 N–H and O–H groups in total. The van der Waals surface area contributed by atoms with Crippen LogP contribution in [0, 0.1) is 11.7 Å². The van der Waals surface area contributed by atoms with Crippen molar-refractivity contribution in [3.8, 4) is 5.75 Å². The van der Waals surface area contributed by atoms with E-state index in [1.54, 1.807) is 19.2 Å². The zero-order valence-corrected chi connectivity index (χ0v) is 11.9. The second kappa shape index (κ2) is 6.70. The van der Waals surface area contributed by atoms with E-state index in [9.17, 15) is 9.18 Å². The number of nitrogens with one attached hydrogen (secondary N) is 2. The standard InChI is InChI=1S/C15H21FN2O2/c1-10(9-17-2)15(19)18-11-6-7-14(13(16)8-11)20-12-4-3-5-12/h6-8,10,12,17H,3-5,9H2,1-2H3,(H,18,19). The molecule has 1 amide bonds. The lowest BCUT2D eigenvalue weighted by Gasteiger charge is -2.26. The highest BCUT2D eigenvalue weighted by Gasteiger charge is 2.21. The van der Waals surface area contributed by atoms with Crippen LogP contribution in [0.3, 0.4) is 0 Å². The molecule has 0 heterocycles. The third kappa shape index (κ3) is 3.70. The van der Waals surface area contributed by atoms with Crippen LogP contribution in [0.4, 0.5) is 10.1 Å². The molecule has 0 radical (unpaired) electrons. The van der Waals surface area contributed by atoms with E-state index in [-0.39, 0.29) is 23.7 Å². The van der Waals surface area contributed by atoms with Gasteiger partial charge in [0.15, 0.2) is 11.6 Å². The van der Waals surface area contributed by atoms with Gasteiger partial charge in [-0.1, -0.05) is 6.92 Å². The van der Waals surface area contributed by atoms with Crippen LogP contribution in [0.15, 0.2) is 18.2 Å². The highest BCUT2D eigenvalue weighted by Crippen LogP contribution is 2.28. The number of amides is 1. The van der Waals surface area contributed by atoms with Crippen molar-refractivity contribution in [1.82, 2.24) is 5.32 Å². The molecule has 0 aliphatic heterocycles. The third-order valence-electron chi connectivity index (χ3n) is 3.50. The molecule has 1 aromatic rings. The van der Waals surface area contributed by atoms with Crippen molar-refractivity contribution in [3.05, 3.63) is 24.0 Å². The maximum absolute atomic E-state index is 13.9. The second-order valence-corrected chi connectivity index (χ2v) is 5.26. The molecule has 1 fully saturated rings. The highest BCUT2D eigenvalue weighted by atomic mass is 19.1. The van der Waals surface area contributed by atoms with Crippen LogP contribution < -0.4 is 15.4 Å². The SMILES string of the molecule is CNCC(C)C(=O)Nc1ccc(OC2CCC2)c(F)c1.